The second-order valence-corrected chi connectivity index (χ2v) is 6.59. The Bertz CT molecular complexity index is 935. The predicted molar refractivity (Wildman–Crippen MR) is 113 cm³/mol. The third-order valence-corrected chi connectivity index (χ3v) is 4.30. The number of nitrogens with one attached hydrogen (secondary N) is 1. The highest BCUT2D eigenvalue weighted by atomic mass is 35.5. The van der Waals surface area contributed by atoms with Crippen LogP contribution in [-0.2, 0) is 11.3 Å². The minimum Gasteiger partial charge on any atom is -0.497 e. The Morgan fingerprint density at radius 3 is 2.50 bits per heavy atom. The van der Waals surface area contributed by atoms with Crippen LogP contribution in [0.1, 0.15) is 36.7 Å². The Morgan fingerprint density at radius 1 is 1.18 bits per heavy atom. The lowest BCUT2D eigenvalue weighted by atomic mass is 10.0. The lowest BCUT2D eigenvalue weighted by Crippen LogP contribution is -2.22. The molecule has 1 heterocycles. The summed E-state index contributed by atoms with van der Waals surface area (Å²) in [6, 6.07) is 13.6. The van der Waals surface area contributed by atoms with Gasteiger partial charge in [-0.05, 0) is 18.6 Å². The van der Waals surface area contributed by atoms with Gasteiger partial charge in [-0.2, -0.15) is 0 Å². The van der Waals surface area contributed by atoms with Crippen molar-refractivity contribution in [1.29, 1.82) is 0 Å². The van der Waals surface area contributed by atoms with Gasteiger partial charge >= 0.3 is 5.97 Å². The van der Waals surface area contributed by atoms with E-state index in [0.29, 0.717) is 41.8 Å². The molecule has 6 heteroatoms. The lowest BCUT2D eigenvalue weighted by Gasteiger charge is -2.11. The number of hydrogen-bond donors (Lipinski definition) is 1. The van der Waals surface area contributed by atoms with Gasteiger partial charge in [0.25, 0.3) is 0 Å². The Kier molecular flexibility index (Phi) is 7.49. The van der Waals surface area contributed by atoms with Crippen LogP contribution in [0.5, 0.6) is 5.75 Å². The Morgan fingerprint density at radius 2 is 1.89 bits per heavy atom. The van der Waals surface area contributed by atoms with E-state index in [2.05, 4.69) is 19.2 Å². The van der Waals surface area contributed by atoms with Crippen molar-refractivity contribution in [1.82, 2.24) is 5.32 Å². The maximum atomic E-state index is 12.8. The zero-order chi connectivity index (χ0) is 19.4. The van der Waals surface area contributed by atoms with Gasteiger partial charge in [-0.3, -0.25) is 0 Å². The van der Waals surface area contributed by atoms with Gasteiger partial charge in [-0.15, -0.1) is 12.4 Å². The molecule has 5 nitrogen and oxygen atoms in total. The third-order valence-electron chi connectivity index (χ3n) is 4.30. The largest absolute Gasteiger partial charge is 0.497 e. The molecule has 0 amide bonds. The first-order chi connectivity index (χ1) is 13.0. The minimum absolute atomic E-state index is 0. The van der Waals surface area contributed by atoms with Crippen molar-refractivity contribution in [2.45, 2.75) is 33.4 Å². The van der Waals surface area contributed by atoms with E-state index in [1.54, 1.807) is 14.0 Å². The summed E-state index contributed by atoms with van der Waals surface area (Å²) in [6.45, 7) is 6.84. The summed E-state index contributed by atoms with van der Waals surface area (Å²) in [4.78, 5) is 12.8. The topological polar surface area (TPSA) is 60.7 Å². The number of ether oxygens (including phenoxy) is 2. The number of halogens is 1. The molecule has 0 aliphatic heterocycles. The first-order valence-corrected chi connectivity index (χ1v) is 9.14. The summed E-state index contributed by atoms with van der Waals surface area (Å²) in [5.74, 6) is 0.820. The number of carbonyl (C=O) groups excluding carboxylic acids is 1. The zero-order valence-electron chi connectivity index (χ0n) is 16.6. The van der Waals surface area contributed by atoms with Crippen molar-refractivity contribution in [2.75, 3.05) is 13.7 Å². The van der Waals surface area contributed by atoms with Gasteiger partial charge < -0.3 is 19.2 Å². The van der Waals surface area contributed by atoms with Crippen molar-refractivity contribution < 1.29 is 18.7 Å². The van der Waals surface area contributed by atoms with Crippen LogP contribution in [-0.4, -0.2) is 25.7 Å². The molecule has 0 aliphatic carbocycles. The van der Waals surface area contributed by atoms with Crippen LogP contribution in [0.2, 0.25) is 0 Å². The maximum absolute atomic E-state index is 12.8. The van der Waals surface area contributed by atoms with Gasteiger partial charge in [0.15, 0.2) is 0 Å². The van der Waals surface area contributed by atoms with Crippen LogP contribution in [0.15, 0.2) is 46.9 Å². The van der Waals surface area contributed by atoms with E-state index >= 15 is 0 Å². The Labute approximate surface area is 171 Å². The Balaban J connectivity index is 0.00000280. The van der Waals surface area contributed by atoms with Crippen LogP contribution in [0.25, 0.3) is 22.3 Å². The monoisotopic (exact) mass is 403 g/mol. The van der Waals surface area contributed by atoms with Crippen LogP contribution in [0.3, 0.4) is 0 Å². The standard InChI is InChI=1S/C22H25NO4.ClH/c1-5-26-22(24)20-19-16(13-23-14(2)3)11-17(25-4)12-18(19)27-21(20)15-9-7-6-8-10-15;/h6-12,14,23H,5,13H2,1-4H3;1H. The number of hydrogen-bond acceptors (Lipinski definition) is 5. The summed E-state index contributed by atoms with van der Waals surface area (Å²) in [7, 11) is 1.62. The molecule has 0 radical (unpaired) electrons. The average molecular weight is 404 g/mol. The molecular weight excluding hydrogens is 378 g/mol. The molecule has 150 valence electrons. The highest BCUT2D eigenvalue weighted by Crippen LogP contribution is 2.38. The van der Waals surface area contributed by atoms with Crippen LogP contribution in [0, 0.1) is 0 Å². The molecule has 1 N–H and O–H groups in total. The van der Waals surface area contributed by atoms with Crippen molar-refractivity contribution in [3.05, 3.63) is 53.6 Å². The van der Waals surface area contributed by atoms with E-state index in [1.807, 2.05) is 42.5 Å². The highest BCUT2D eigenvalue weighted by molar-refractivity contribution is 6.10. The molecule has 1 aromatic heterocycles. The quantitative estimate of drug-likeness (QED) is 0.549. The van der Waals surface area contributed by atoms with Gasteiger partial charge in [0.05, 0.1) is 13.7 Å². The minimum atomic E-state index is -0.383. The lowest BCUT2D eigenvalue weighted by molar-refractivity contribution is 0.0528. The van der Waals surface area contributed by atoms with Gasteiger partial charge in [0.1, 0.15) is 22.7 Å². The molecule has 0 atom stereocenters. The van der Waals surface area contributed by atoms with Crippen LogP contribution >= 0.6 is 12.4 Å². The van der Waals surface area contributed by atoms with Gasteiger partial charge in [0, 0.05) is 29.6 Å². The zero-order valence-corrected chi connectivity index (χ0v) is 17.4. The first-order valence-electron chi connectivity index (χ1n) is 9.14. The summed E-state index contributed by atoms with van der Waals surface area (Å²) in [5, 5.41) is 4.17. The molecule has 2 aromatic carbocycles. The number of carbonyl (C=O) groups is 1. The van der Waals surface area contributed by atoms with E-state index in [9.17, 15) is 4.79 Å². The molecule has 0 saturated carbocycles. The third kappa shape index (κ3) is 4.49. The number of methoxy groups -OCH3 is 1. The SMILES string of the molecule is CCOC(=O)c1c(-c2ccccc2)oc2cc(OC)cc(CNC(C)C)c12.Cl. The number of esters is 1. The normalized spacial score (nSPS) is 10.8. The van der Waals surface area contributed by atoms with Crippen molar-refractivity contribution in [3.63, 3.8) is 0 Å². The van der Waals surface area contributed by atoms with E-state index in [1.165, 1.54) is 0 Å². The average Bonchev–Trinajstić information content (AvgIpc) is 3.06. The number of rotatable bonds is 7. The van der Waals surface area contributed by atoms with Gasteiger partial charge in [-0.1, -0.05) is 44.2 Å². The molecule has 0 fully saturated rings. The molecule has 3 rings (SSSR count). The van der Waals surface area contributed by atoms with E-state index in [4.69, 9.17) is 13.9 Å². The smallest absolute Gasteiger partial charge is 0.342 e. The molecule has 28 heavy (non-hydrogen) atoms. The number of benzene rings is 2. The van der Waals surface area contributed by atoms with E-state index in [0.717, 1.165) is 16.5 Å². The fourth-order valence-corrected chi connectivity index (χ4v) is 3.05. The maximum Gasteiger partial charge on any atom is 0.342 e. The Hall–Kier alpha value is -2.50. The molecule has 0 unspecified atom stereocenters. The molecule has 0 saturated heterocycles. The van der Waals surface area contributed by atoms with Crippen molar-refractivity contribution in [2.24, 2.45) is 0 Å². The predicted octanol–water partition coefficient (Wildman–Crippen LogP) is 5.20. The summed E-state index contributed by atoms with van der Waals surface area (Å²) in [6.07, 6.45) is 0. The van der Waals surface area contributed by atoms with Crippen LogP contribution < -0.4 is 10.1 Å². The second-order valence-electron chi connectivity index (χ2n) is 6.59. The van der Waals surface area contributed by atoms with Gasteiger partial charge in [0.2, 0.25) is 0 Å². The first kappa shape index (κ1) is 21.8. The van der Waals surface area contributed by atoms with Crippen molar-refractivity contribution >= 4 is 29.3 Å². The number of furan rings is 1. The fraction of sp³-hybridized carbons (Fsp3) is 0.318. The molecule has 0 spiro atoms. The van der Waals surface area contributed by atoms with Crippen molar-refractivity contribution in [3.8, 4) is 17.1 Å². The van der Waals surface area contributed by atoms with Crippen LogP contribution in [0.4, 0.5) is 0 Å². The summed E-state index contributed by atoms with van der Waals surface area (Å²) >= 11 is 0. The molecule has 0 bridgehead atoms. The fourth-order valence-electron chi connectivity index (χ4n) is 3.05. The second kappa shape index (κ2) is 9.62. The summed E-state index contributed by atoms with van der Waals surface area (Å²) < 4.78 is 16.9. The highest BCUT2D eigenvalue weighted by Gasteiger charge is 2.26. The van der Waals surface area contributed by atoms with E-state index in [-0.39, 0.29) is 18.4 Å². The molecule has 3 aromatic rings. The van der Waals surface area contributed by atoms with E-state index < -0.39 is 0 Å². The molecular formula is C22H26ClNO4. The molecule has 0 aliphatic rings. The van der Waals surface area contributed by atoms with Gasteiger partial charge in [-0.25, -0.2) is 4.79 Å². The number of fused-ring (bicyclic) bond motifs is 1. The summed E-state index contributed by atoms with van der Waals surface area (Å²) in [5.41, 5.74) is 2.84.